The van der Waals surface area contributed by atoms with Gasteiger partial charge in [0.1, 0.15) is 13.2 Å². The molecule has 0 saturated carbocycles. The van der Waals surface area contributed by atoms with Gasteiger partial charge >= 0.3 is 17.9 Å². The lowest BCUT2D eigenvalue weighted by molar-refractivity contribution is -0.167. The van der Waals surface area contributed by atoms with Crippen molar-refractivity contribution in [1.82, 2.24) is 0 Å². The summed E-state index contributed by atoms with van der Waals surface area (Å²) in [6.07, 6.45) is 101. The summed E-state index contributed by atoms with van der Waals surface area (Å²) in [5.74, 6) is -0.931. The van der Waals surface area contributed by atoms with Crippen LogP contribution in [0.2, 0.25) is 0 Å². The molecule has 6 heteroatoms. The molecule has 0 aromatic rings. The van der Waals surface area contributed by atoms with Crippen LogP contribution in [0.25, 0.3) is 0 Å². The number of ether oxygens (including phenoxy) is 3. The predicted molar refractivity (Wildman–Crippen MR) is 362 cm³/mol. The van der Waals surface area contributed by atoms with Crippen molar-refractivity contribution in [3.8, 4) is 0 Å². The molecular weight excluding hydrogens is 1020 g/mol. The van der Waals surface area contributed by atoms with Crippen molar-refractivity contribution in [2.24, 2.45) is 0 Å². The Morgan fingerprint density at radius 2 is 0.470 bits per heavy atom. The minimum Gasteiger partial charge on any atom is -0.462 e. The maximum atomic E-state index is 13.0. The highest BCUT2D eigenvalue weighted by atomic mass is 16.6. The molecule has 0 rings (SSSR count). The lowest BCUT2D eigenvalue weighted by Gasteiger charge is -2.18. The molecule has 1 atom stereocenters. The number of carbonyl (C=O) groups is 3. The fourth-order valence-electron chi connectivity index (χ4n) is 8.97. The molecule has 0 amide bonds. The Morgan fingerprint density at radius 1 is 0.253 bits per heavy atom. The zero-order valence-corrected chi connectivity index (χ0v) is 53.7. The largest absolute Gasteiger partial charge is 0.462 e. The molecule has 6 nitrogen and oxygen atoms in total. The third-order valence-electron chi connectivity index (χ3n) is 14.0. The summed E-state index contributed by atoms with van der Waals surface area (Å²) >= 11 is 0. The fraction of sp³-hybridized carbons (Fsp3) is 0.623. The molecule has 83 heavy (non-hydrogen) atoms. The third-order valence-corrected chi connectivity index (χ3v) is 14.0. The molecule has 0 heterocycles. The van der Waals surface area contributed by atoms with Crippen molar-refractivity contribution >= 4 is 17.9 Å². The second-order valence-electron chi connectivity index (χ2n) is 22.0. The Hall–Kier alpha value is -4.97. The molecular formula is C77H124O6. The summed E-state index contributed by atoms with van der Waals surface area (Å²) < 4.78 is 17.0. The normalized spacial score (nSPS) is 13.1. The van der Waals surface area contributed by atoms with Crippen LogP contribution in [0.3, 0.4) is 0 Å². The number of esters is 3. The second-order valence-corrected chi connectivity index (χ2v) is 22.0. The van der Waals surface area contributed by atoms with Gasteiger partial charge < -0.3 is 14.2 Å². The number of unbranched alkanes of at least 4 members (excludes halogenated alkanes) is 23. The van der Waals surface area contributed by atoms with Gasteiger partial charge in [-0.15, -0.1) is 0 Å². The fourth-order valence-corrected chi connectivity index (χ4v) is 8.97. The topological polar surface area (TPSA) is 78.9 Å². The van der Waals surface area contributed by atoms with E-state index < -0.39 is 6.10 Å². The summed E-state index contributed by atoms with van der Waals surface area (Å²) in [4.78, 5) is 38.5. The highest BCUT2D eigenvalue weighted by Crippen LogP contribution is 2.15. The minimum absolute atomic E-state index is 0.0991. The molecule has 0 saturated heterocycles. The Morgan fingerprint density at radius 3 is 0.735 bits per heavy atom. The van der Waals surface area contributed by atoms with E-state index in [9.17, 15) is 14.4 Å². The van der Waals surface area contributed by atoms with Gasteiger partial charge in [-0.3, -0.25) is 14.4 Å². The predicted octanol–water partition coefficient (Wildman–Crippen LogP) is 23.7. The molecule has 0 fully saturated rings. The van der Waals surface area contributed by atoms with Crippen LogP contribution in [0.5, 0.6) is 0 Å². The van der Waals surface area contributed by atoms with E-state index in [1.807, 2.05) is 0 Å². The SMILES string of the molecule is CC/C=C\C/C=C\C/C=C\C/C=C\C/C=C\CCCCCCCCCC(=O)OCC(COC(=O)CCCCCCCC/C=C\C/C=C\C/C=C\CCCCC)OC(=O)CCCCCCCCC/C=C\C/C=C\C/C=C\C/C=C\C/C=C\CC. The Bertz CT molecular complexity index is 1840. The van der Waals surface area contributed by atoms with E-state index in [1.165, 1.54) is 83.5 Å². The first kappa shape index (κ1) is 78.0. The molecule has 0 aliphatic carbocycles. The molecule has 0 aliphatic rings. The zero-order valence-electron chi connectivity index (χ0n) is 53.7. The summed E-state index contributed by atoms with van der Waals surface area (Å²) in [5, 5.41) is 0. The number of allylic oxidation sites excluding steroid dienone is 26. The van der Waals surface area contributed by atoms with Crippen molar-refractivity contribution in [2.75, 3.05) is 13.2 Å². The summed E-state index contributed by atoms with van der Waals surface area (Å²) in [5.41, 5.74) is 0. The van der Waals surface area contributed by atoms with Gasteiger partial charge in [-0.25, -0.2) is 0 Å². The molecule has 0 aromatic heterocycles. The van der Waals surface area contributed by atoms with Crippen molar-refractivity contribution in [3.05, 3.63) is 158 Å². The Labute approximate surface area is 511 Å². The van der Waals surface area contributed by atoms with Gasteiger partial charge in [-0.2, -0.15) is 0 Å². The summed E-state index contributed by atoms with van der Waals surface area (Å²) in [6, 6.07) is 0. The van der Waals surface area contributed by atoms with E-state index in [0.29, 0.717) is 19.3 Å². The Balaban J connectivity index is 4.49. The first-order chi connectivity index (χ1) is 41.0. The number of hydrogen-bond donors (Lipinski definition) is 0. The summed E-state index contributed by atoms with van der Waals surface area (Å²) in [7, 11) is 0. The maximum absolute atomic E-state index is 13.0. The van der Waals surface area contributed by atoms with Gasteiger partial charge in [0.15, 0.2) is 6.10 Å². The van der Waals surface area contributed by atoms with E-state index in [1.54, 1.807) is 0 Å². The summed E-state index contributed by atoms with van der Waals surface area (Å²) in [6.45, 7) is 6.37. The van der Waals surface area contributed by atoms with E-state index in [4.69, 9.17) is 14.2 Å². The maximum Gasteiger partial charge on any atom is 0.306 e. The monoisotopic (exact) mass is 1140 g/mol. The van der Waals surface area contributed by atoms with Crippen molar-refractivity contribution in [2.45, 2.75) is 297 Å². The van der Waals surface area contributed by atoms with Crippen LogP contribution in [0.15, 0.2) is 158 Å². The third kappa shape index (κ3) is 67.7. The molecule has 0 aromatic carbocycles. The Kier molecular flexibility index (Phi) is 65.4. The smallest absolute Gasteiger partial charge is 0.306 e. The van der Waals surface area contributed by atoms with Crippen LogP contribution in [0, 0.1) is 0 Å². The van der Waals surface area contributed by atoms with Crippen molar-refractivity contribution < 1.29 is 28.6 Å². The van der Waals surface area contributed by atoms with Gasteiger partial charge in [0.05, 0.1) is 0 Å². The number of rotatable bonds is 60. The minimum atomic E-state index is -0.805. The van der Waals surface area contributed by atoms with Gasteiger partial charge in [0, 0.05) is 19.3 Å². The molecule has 468 valence electrons. The first-order valence-electron chi connectivity index (χ1n) is 34.0. The molecule has 0 bridgehead atoms. The highest BCUT2D eigenvalue weighted by Gasteiger charge is 2.19. The zero-order chi connectivity index (χ0) is 59.9. The molecule has 1 unspecified atom stereocenters. The van der Waals surface area contributed by atoms with E-state index in [-0.39, 0.29) is 31.1 Å². The first-order valence-corrected chi connectivity index (χ1v) is 34.0. The quantitative estimate of drug-likeness (QED) is 0.0261. The van der Waals surface area contributed by atoms with Crippen LogP contribution in [0.4, 0.5) is 0 Å². The second kappa shape index (κ2) is 69.5. The van der Waals surface area contributed by atoms with Crippen LogP contribution in [-0.2, 0) is 28.6 Å². The van der Waals surface area contributed by atoms with Gasteiger partial charge in [0.25, 0.3) is 0 Å². The van der Waals surface area contributed by atoms with Crippen molar-refractivity contribution in [3.63, 3.8) is 0 Å². The highest BCUT2D eigenvalue weighted by molar-refractivity contribution is 5.71. The molecule has 0 radical (unpaired) electrons. The standard InChI is InChI=1S/C77H124O6/c1-4-7-10-13-16-19-22-25-28-31-34-36-38-40-43-46-49-52-55-58-61-64-67-70-76(79)82-73-74(72-81-75(78)69-66-63-60-57-54-51-48-45-42-33-30-27-24-21-18-15-12-9-6-3)83-77(80)71-68-65-62-59-56-53-50-47-44-41-39-37-35-32-29-26-23-20-17-14-11-8-5-2/h7-8,10-11,16-21,25-30,34-37,40-45,74H,4-6,9,12-15,22-24,31-33,38-39,46-73H2,1-3H3/b10-7-,11-8-,19-16-,20-17-,21-18-,28-25-,29-26-,30-27-,36-34-,37-35-,43-40-,44-41-,45-42-. The average molecular weight is 1150 g/mol. The molecule has 0 aliphatic heterocycles. The van der Waals surface area contributed by atoms with Crippen LogP contribution >= 0.6 is 0 Å². The van der Waals surface area contributed by atoms with E-state index in [0.717, 1.165) is 167 Å². The lowest BCUT2D eigenvalue weighted by atomic mass is 10.1. The van der Waals surface area contributed by atoms with Crippen molar-refractivity contribution in [1.29, 1.82) is 0 Å². The van der Waals surface area contributed by atoms with Gasteiger partial charge in [-0.1, -0.05) is 281 Å². The molecule has 0 N–H and O–H groups in total. The molecule has 0 spiro atoms. The van der Waals surface area contributed by atoms with E-state index >= 15 is 0 Å². The lowest BCUT2D eigenvalue weighted by Crippen LogP contribution is -2.30. The van der Waals surface area contributed by atoms with Crippen LogP contribution < -0.4 is 0 Å². The number of carbonyl (C=O) groups excluding carboxylic acids is 3. The van der Waals surface area contributed by atoms with Crippen LogP contribution in [0.1, 0.15) is 290 Å². The van der Waals surface area contributed by atoms with E-state index in [2.05, 4.69) is 179 Å². The van der Waals surface area contributed by atoms with Crippen LogP contribution in [-0.4, -0.2) is 37.2 Å². The average Bonchev–Trinajstić information content (AvgIpc) is 3.49. The number of hydrogen-bond acceptors (Lipinski definition) is 6. The van der Waals surface area contributed by atoms with Gasteiger partial charge in [0.2, 0.25) is 0 Å². The van der Waals surface area contributed by atoms with Gasteiger partial charge in [-0.05, 0) is 148 Å².